The van der Waals surface area contributed by atoms with Crippen molar-refractivity contribution in [2.24, 2.45) is 0 Å². The van der Waals surface area contributed by atoms with Crippen molar-refractivity contribution in [1.29, 1.82) is 0 Å². The van der Waals surface area contributed by atoms with Crippen LogP contribution in [0.1, 0.15) is 258 Å². The van der Waals surface area contributed by atoms with Crippen LogP contribution in [-0.4, -0.2) is 37.0 Å². The molecule has 1 N–H and O–H groups in total. The third-order valence-electron chi connectivity index (χ3n) is 11.5. The SMILES string of the molecule is CC/C=C\C/C=C\C/C=C\C/C=C\C/C=C\C/C=C\CCCCCCC(=O)OC(CO)COCCCCCCCCCCCCCCCCCCCCCCCCCCCC. The van der Waals surface area contributed by atoms with Crippen LogP contribution in [0, 0.1) is 0 Å². The molecule has 0 aliphatic carbocycles. The van der Waals surface area contributed by atoms with E-state index in [0.717, 1.165) is 77.0 Å². The van der Waals surface area contributed by atoms with Gasteiger partial charge in [0, 0.05) is 13.0 Å². The summed E-state index contributed by atoms with van der Waals surface area (Å²) < 4.78 is 11.2. The standard InChI is InChI=1S/C57H102O4/c1-3-5-7-9-11-13-15-17-19-21-23-25-27-28-29-31-33-35-37-39-41-43-45-47-49-51-53-60-55-56(54-58)61-57(59)52-50-48-46-44-42-40-38-36-34-32-30-26-24-22-20-18-16-14-12-10-8-6-4-2/h6,8,12,14,18,20,24,26,32,34,38,40,56,58H,3-5,7,9-11,13,15-17,19,21-23,25,27-31,33,35-37,39,41-55H2,1-2H3/b8-6-,14-12-,20-18-,26-24-,34-32-,40-38-. The molecule has 0 aromatic carbocycles. The predicted molar refractivity (Wildman–Crippen MR) is 269 cm³/mol. The van der Waals surface area contributed by atoms with Gasteiger partial charge < -0.3 is 14.6 Å². The number of hydrogen-bond acceptors (Lipinski definition) is 4. The second-order valence-corrected chi connectivity index (χ2v) is 17.6. The van der Waals surface area contributed by atoms with Crippen LogP contribution in [0.15, 0.2) is 72.9 Å². The summed E-state index contributed by atoms with van der Waals surface area (Å²) in [7, 11) is 0. The Labute approximate surface area is 380 Å². The van der Waals surface area contributed by atoms with E-state index in [1.54, 1.807) is 0 Å². The van der Waals surface area contributed by atoms with Gasteiger partial charge in [-0.05, 0) is 64.2 Å². The van der Waals surface area contributed by atoms with Crippen LogP contribution in [0.4, 0.5) is 0 Å². The summed E-state index contributed by atoms with van der Waals surface area (Å²) in [4.78, 5) is 12.3. The number of carbonyl (C=O) groups excluding carboxylic acids is 1. The van der Waals surface area contributed by atoms with Gasteiger partial charge in [0.2, 0.25) is 0 Å². The van der Waals surface area contributed by atoms with E-state index in [2.05, 4.69) is 86.8 Å². The molecule has 0 aliphatic rings. The lowest BCUT2D eigenvalue weighted by molar-refractivity contribution is -0.154. The zero-order valence-corrected chi connectivity index (χ0v) is 40.7. The van der Waals surface area contributed by atoms with Gasteiger partial charge in [0.15, 0.2) is 0 Å². The minimum atomic E-state index is -0.551. The Bertz CT molecular complexity index is 1040. The summed E-state index contributed by atoms with van der Waals surface area (Å²) in [5.74, 6) is -0.222. The highest BCUT2D eigenvalue weighted by Gasteiger charge is 2.13. The molecule has 61 heavy (non-hydrogen) atoms. The first kappa shape index (κ1) is 58.8. The molecule has 4 nitrogen and oxygen atoms in total. The molecule has 0 radical (unpaired) electrons. The quantitative estimate of drug-likeness (QED) is 0.0376. The predicted octanol–water partition coefficient (Wildman–Crippen LogP) is 18.1. The maximum atomic E-state index is 12.3. The topological polar surface area (TPSA) is 55.8 Å². The Morgan fingerprint density at radius 3 is 1.11 bits per heavy atom. The van der Waals surface area contributed by atoms with E-state index in [9.17, 15) is 9.90 Å². The van der Waals surface area contributed by atoms with Crippen LogP contribution in [0.2, 0.25) is 0 Å². The Morgan fingerprint density at radius 2 is 0.738 bits per heavy atom. The van der Waals surface area contributed by atoms with Crippen LogP contribution in [0.25, 0.3) is 0 Å². The normalized spacial score (nSPS) is 12.9. The van der Waals surface area contributed by atoms with Gasteiger partial charge in [-0.15, -0.1) is 0 Å². The third kappa shape index (κ3) is 52.1. The molecular formula is C57H102O4. The number of unbranched alkanes of at least 4 members (excludes halogenated alkanes) is 29. The number of esters is 1. The van der Waals surface area contributed by atoms with Gasteiger partial charge in [-0.25, -0.2) is 0 Å². The van der Waals surface area contributed by atoms with E-state index < -0.39 is 6.10 Å². The minimum absolute atomic E-state index is 0.183. The molecule has 0 rings (SSSR count). The second kappa shape index (κ2) is 54.0. The van der Waals surface area contributed by atoms with Crippen molar-refractivity contribution in [2.45, 2.75) is 264 Å². The van der Waals surface area contributed by atoms with Gasteiger partial charge >= 0.3 is 5.97 Å². The second-order valence-electron chi connectivity index (χ2n) is 17.6. The zero-order chi connectivity index (χ0) is 44.0. The Balaban J connectivity index is 3.44. The van der Waals surface area contributed by atoms with Crippen molar-refractivity contribution in [3.05, 3.63) is 72.9 Å². The van der Waals surface area contributed by atoms with E-state index in [-0.39, 0.29) is 19.2 Å². The van der Waals surface area contributed by atoms with Crippen molar-refractivity contribution < 1.29 is 19.4 Å². The largest absolute Gasteiger partial charge is 0.457 e. The molecule has 0 saturated carbocycles. The van der Waals surface area contributed by atoms with Gasteiger partial charge in [-0.3, -0.25) is 4.79 Å². The lowest BCUT2D eigenvalue weighted by Gasteiger charge is -2.15. The molecule has 0 aromatic rings. The number of carbonyl (C=O) groups is 1. The molecule has 0 bridgehead atoms. The Morgan fingerprint density at radius 1 is 0.410 bits per heavy atom. The summed E-state index contributed by atoms with van der Waals surface area (Å²) in [6.07, 6.45) is 74.4. The van der Waals surface area contributed by atoms with Gasteiger partial charge in [0.1, 0.15) is 6.10 Å². The highest BCUT2D eigenvalue weighted by Crippen LogP contribution is 2.16. The number of allylic oxidation sites excluding steroid dienone is 12. The number of hydrogen-bond donors (Lipinski definition) is 1. The number of rotatable bonds is 49. The van der Waals surface area contributed by atoms with Crippen molar-refractivity contribution in [3.63, 3.8) is 0 Å². The van der Waals surface area contributed by atoms with Crippen LogP contribution in [-0.2, 0) is 14.3 Å². The molecule has 0 aliphatic heterocycles. The van der Waals surface area contributed by atoms with Crippen molar-refractivity contribution >= 4 is 5.97 Å². The first-order valence-electron chi connectivity index (χ1n) is 26.5. The highest BCUT2D eigenvalue weighted by molar-refractivity contribution is 5.69. The smallest absolute Gasteiger partial charge is 0.306 e. The third-order valence-corrected chi connectivity index (χ3v) is 11.5. The lowest BCUT2D eigenvalue weighted by Crippen LogP contribution is -2.27. The summed E-state index contributed by atoms with van der Waals surface area (Å²) in [6.45, 7) is 5.23. The van der Waals surface area contributed by atoms with E-state index in [0.29, 0.717) is 13.0 Å². The molecule has 1 atom stereocenters. The maximum absolute atomic E-state index is 12.3. The van der Waals surface area contributed by atoms with Crippen molar-refractivity contribution in [2.75, 3.05) is 19.8 Å². The summed E-state index contributed by atoms with van der Waals surface area (Å²) in [5, 5.41) is 9.66. The molecule has 354 valence electrons. The van der Waals surface area contributed by atoms with Crippen LogP contribution in [0.5, 0.6) is 0 Å². The average molecular weight is 851 g/mol. The first-order chi connectivity index (χ1) is 30.2. The van der Waals surface area contributed by atoms with E-state index in [1.165, 1.54) is 161 Å². The van der Waals surface area contributed by atoms with Gasteiger partial charge in [-0.2, -0.15) is 0 Å². The monoisotopic (exact) mass is 851 g/mol. The Hall–Kier alpha value is -2.17. The van der Waals surface area contributed by atoms with Gasteiger partial charge in [0.05, 0.1) is 13.2 Å². The molecule has 0 aromatic heterocycles. The molecule has 0 fully saturated rings. The van der Waals surface area contributed by atoms with Crippen LogP contribution < -0.4 is 0 Å². The molecule has 1 unspecified atom stereocenters. The van der Waals surface area contributed by atoms with Crippen molar-refractivity contribution in [1.82, 2.24) is 0 Å². The fourth-order valence-corrected chi connectivity index (χ4v) is 7.63. The van der Waals surface area contributed by atoms with Gasteiger partial charge in [0.25, 0.3) is 0 Å². The number of aliphatic hydroxyl groups excluding tert-OH is 1. The fraction of sp³-hybridized carbons (Fsp3) is 0.772. The van der Waals surface area contributed by atoms with Crippen LogP contribution in [0.3, 0.4) is 0 Å². The molecule has 0 saturated heterocycles. The first-order valence-corrected chi connectivity index (χ1v) is 26.5. The van der Waals surface area contributed by atoms with E-state index >= 15 is 0 Å². The average Bonchev–Trinajstić information content (AvgIpc) is 3.27. The lowest BCUT2D eigenvalue weighted by atomic mass is 10.0. The van der Waals surface area contributed by atoms with E-state index in [1.807, 2.05) is 0 Å². The number of aliphatic hydroxyl groups is 1. The summed E-state index contributed by atoms with van der Waals surface area (Å²) in [5.41, 5.74) is 0. The van der Waals surface area contributed by atoms with Crippen LogP contribution >= 0.6 is 0 Å². The van der Waals surface area contributed by atoms with E-state index in [4.69, 9.17) is 9.47 Å². The maximum Gasteiger partial charge on any atom is 0.306 e. The Kier molecular flexibility index (Phi) is 52.0. The number of ether oxygens (including phenoxy) is 2. The molecular weight excluding hydrogens is 749 g/mol. The van der Waals surface area contributed by atoms with Gasteiger partial charge in [-0.1, -0.05) is 260 Å². The highest BCUT2D eigenvalue weighted by atomic mass is 16.6. The molecule has 0 heterocycles. The minimum Gasteiger partial charge on any atom is -0.457 e. The zero-order valence-electron chi connectivity index (χ0n) is 40.7. The molecule has 0 spiro atoms. The summed E-state index contributed by atoms with van der Waals surface area (Å²) in [6, 6.07) is 0. The van der Waals surface area contributed by atoms with Crippen molar-refractivity contribution in [3.8, 4) is 0 Å². The fourth-order valence-electron chi connectivity index (χ4n) is 7.63. The molecule has 4 heteroatoms. The molecule has 0 amide bonds. The summed E-state index contributed by atoms with van der Waals surface area (Å²) >= 11 is 0.